The van der Waals surface area contributed by atoms with Crippen molar-refractivity contribution in [3.8, 4) is 0 Å². The second-order valence-corrected chi connectivity index (χ2v) is 8.75. The van der Waals surface area contributed by atoms with Gasteiger partial charge in [-0.25, -0.2) is 8.42 Å². The first-order valence-corrected chi connectivity index (χ1v) is 11.1. The summed E-state index contributed by atoms with van der Waals surface area (Å²) in [6.07, 6.45) is 2.66. The van der Waals surface area contributed by atoms with Crippen LogP contribution < -0.4 is 5.43 Å². The fourth-order valence-electron chi connectivity index (χ4n) is 3.13. The SMILES string of the molecule is O=C(/C(=N/Nc1ccc(S(=O)(=O)N2CCOCC2)cc1[N+](=O)[O-])c1ccco1)c1ccco1. The molecule has 13 heteroatoms. The Balaban J connectivity index is 1.67. The first-order chi connectivity index (χ1) is 15.9. The van der Waals surface area contributed by atoms with Crippen molar-refractivity contribution in [1.82, 2.24) is 4.31 Å². The van der Waals surface area contributed by atoms with Crippen LogP contribution in [0, 0.1) is 10.1 Å². The minimum atomic E-state index is -3.94. The number of sulfonamides is 1. The highest BCUT2D eigenvalue weighted by Gasteiger charge is 2.29. The molecule has 3 heterocycles. The summed E-state index contributed by atoms with van der Waals surface area (Å²) in [5.74, 6) is -0.511. The van der Waals surface area contributed by atoms with Crippen LogP contribution in [0.2, 0.25) is 0 Å². The van der Waals surface area contributed by atoms with Crippen LogP contribution in [-0.4, -0.2) is 55.4 Å². The Morgan fingerprint density at radius 3 is 2.33 bits per heavy atom. The Kier molecular flexibility index (Phi) is 6.35. The van der Waals surface area contributed by atoms with Gasteiger partial charge in [-0.2, -0.15) is 9.41 Å². The zero-order valence-electron chi connectivity index (χ0n) is 17.0. The highest BCUT2D eigenvalue weighted by Crippen LogP contribution is 2.29. The number of nitro groups is 1. The van der Waals surface area contributed by atoms with E-state index in [2.05, 4.69) is 10.5 Å². The van der Waals surface area contributed by atoms with E-state index in [0.717, 1.165) is 6.07 Å². The lowest BCUT2D eigenvalue weighted by molar-refractivity contribution is -0.384. The maximum Gasteiger partial charge on any atom is 0.295 e. The minimum absolute atomic E-state index is 0.00611. The van der Waals surface area contributed by atoms with E-state index in [9.17, 15) is 23.3 Å². The summed E-state index contributed by atoms with van der Waals surface area (Å²) in [5, 5.41) is 15.7. The fraction of sp³-hybridized carbons (Fsp3) is 0.200. The molecule has 1 fully saturated rings. The number of nitrogens with one attached hydrogen (secondary N) is 1. The quantitative estimate of drug-likeness (QED) is 0.224. The van der Waals surface area contributed by atoms with Gasteiger partial charge in [0.2, 0.25) is 10.0 Å². The monoisotopic (exact) mass is 474 g/mol. The van der Waals surface area contributed by atoms with Gasteiger partial charge in [-0.1, -0.05) is 0 Å². The van der Waals surface area contributed by atoms with Gasteiger partial charge in [-0.05, 0) is 36.4 Å². The average molecular weight is 474 g/mol. The molecule has 0 aliphatic carbocycles. The third-order valence-electron chi connectivity index (χ3n) is 4.78. The molecule has 0 radical (unpaired) electrons. The number of hydrazone groups is 1. The van der Waals surface area contributed by atoms with Gasteiger partial charge in [0, 0.05) is 19.2 Å². The molecule has 0 atom stereocenters. The molecule has 172 valence electrons. The largest absolute Gasteiger partial charge is 0.462 e. The first-order valence-electron chi connectivity index (χ1n) is 9.70. The van der Waals surface area contributed by atoms with E-state index in [4.69, 9.17) is 13.6 Å². The number of hydrogen-bond acceptors (Lipinski definition) is 10. The molecule has 1 N–H and O–H groups in total. The molecule has 2 aromatic heterocycles. The smallest absolute Gasteiger partial charge is 0.295 e. The number of ether oxygens (including phenoxy) is 1. The number of ketones is 1. The predicted molar refractivity (Wildman–Crippen MR) is 115 cm³/mol. The van der Waals surface area contributed by atoms with Gasteiger partial charge in [0.25, 0.3) is 11.5 Å². The molecular weight excluding hydrogens is 456 g/mol. The number of carbonyl (C=O) groups excluding carboxylic acids is 1. The van der Waals surface area contributed by atoms with Crippen molar-refractivity contribution in [2.75, 3.05) is 31.7 Å². The molecule has 0 spiro atoms. The van der Waals surface area contributed by atoms with Crippen molar-refractivity contribution in [2.24, 2.45) is 5.10 Å². The van der Waals surface area contributed by atoms with Crippen molar-refractivity contribution >= 4 is 32.9 Å². The van der Waals surface area contributed by atoms with E-state index in [0.29, 0.717) is 0 Å². The Hall–Kier alpha value is -3.81. The van der Waals surface area contributed by atoms with Crippen LogP contribution in [-0.2, 0) is 14.8 Å². The Bertz CT molecular complexity index is 1280. The van der Waals surface area contributed by atoms with Crippen molar-refractivity contribution in [2.45, 2.75) is 4.90 Å². The molecule has 0 bridgehead atoms. The van der Waals surface area contributed by atoms with Crippen LogP contribution >= 0.6 is 0 Å². The molecule has 3 aromatic rings. The molecule has 12 nitrogen and oxygen atoms in total. The maximum absolute atomic E-state index is 12.8. The number of Topliss-reactive ketones (excluding diaryl/α,β-unsaturated/α-hetero) is 1. The lowest BCUT2D eigenvalue weighted by Gasteiger charge is -2.26. The van der Waals surface area contributed by atoms with Crippen LogP contribution in [0.1, 0.15) is 16.3 Å². The number of furan rings is 2. The van der Waals surface area contributed by atoms with Crippen LogP contribution in [0.4, 0.5) is 11.4 Å². The van der Waals surface area contributed by atoms with Crippen LogP contribution in [0.5, 0.6) is 0 Å². The number of hydrogen-bond donors (Lipinski definition) is 1. The number of rotatable bonds is 8. The second kappa shape index (κ2) is 9.36. The zero-order valence-corrected chi connectivity index (χ0v) is 17.9. The zero-order chi connectivity index (χ0) is 23.4. The summed E-state index contributed by atoms with van der Waals surface area (Å²) in [5.41, 5.74) is 1.65. The molecule has 1 aliphatic rings. The summed E-state index contributed by atoms with van der Waals surface area (Å²) in [6.45, 7) is 0.799. The van der Waals surface area contributed by atoms with Crippen LogP contribution in [0.3, 0.4) is 0 Å². The van der Waals surface area contributed by atoms with Crippen LogP contribution in [0.25, 0.3) is 0 Å². The Morgan fingerprint density at radius 2 is 1.73 bits per heavy atom. The van der Waals surface area contributed by atoms with Gasteiger partial charge in [0.15, 0.2) is 17.2 Å². The number of carbonyl (C=O) groups is 1. The molecule has 0 saturated carbocycles. The number of anilines is 1. The predicted octanol–water partition coefficient (Wildman–Crippen LogP) is 2.50. The lowest BCUT2D eigenvalue weighted by atomic mass is 10.1. The van der Waals surface area contributed by atoms with Crippen molar-refractivity contribution < 1.29 is 31.7 Å². The summed E-state index contributed by atoms with van der Waals surface area (Å²) < 4.78 is 42.4. The number of benzene rings is 1. The van der Waals surface area contributed by atoms with E-state index in [1.54, 1.807) is 6.07 Å². The minimum Gasteiger partial charge on any atom is -0.462 e. The highest BCUT2D eigenvalue weighted by molar-refractivity contribution is 7.89. The first kappa shape index (κ1) is 22.4. The van der Waals surface area contributed by atoms with Gasteiger partial charge >= 0.3 is 0 Å². The highest BCUT2D eigenvalue weighted by atomic mass is 32.2. The molecule has 1 aromatic carbocycles. The van der Waals surface area contributed by atoms with Gasteiger partial charge in [-0.3, -0.25) is 20.3 Å². The Labute approximate surface area is 187 Å². The second-order valence-electron chi connectivity index (χ2n) is 6.81. The summed E-state index contributed by atoms with van der Waals surface area (Å²) in [7, 11) is -3.94. The lowest BCUT2D eigenvalue weighted by Crippen LogP contribution is -2.40. The van der Waals surface area contributed by atoms with Crippen LogP contribution in [0.15, 0.2) is 73.8 Å². The van der Waals surface area contributed by atoms with E-state index in [-0.39, 0.29) is 54.1 Å². The van der Waals surface area contributed by atoms with Gasteiger partial charge in [0.05, 0.1) is 35.6 Å². The third kappa shape index (κ3) is 4.69. The number of nitro benzene ring substituents is 1. The molecule has 1 saturated heterocycles. The van der Waals surface area contributed by atoms with Crippen molar-refractivity contribution in [1.29, 1.82) is 0 Å². The fourth-order valence-corrected chi connectivity index (χ4v) is 4.55. The molecule has 0 amide bonds. The number of nitrogens with zero attached hydrogens (tertiary/aromatic N) is 3. The van der Waals surface area contributed by atoms with Gasteiger partial charge in [0.1, 0.15) is 5.69 Å². The molecule has 1 aliphatic heterocycles. The van der Waals surface area contributed by atoms with E-state index in [1.807, 2.05) is 0 Å². The Morgan fingerprint density at radius 1 is 1.06 bits per heavy atom. The third-order valence-corrected chi connectivity index (χ3v) is 6.67. The van der Waals surface area contributed by atoms with E-state index < -0.39 is 26.4 Å². The van der Waals surface area contributed by atoms with Crippen molar-refractivity contribution in [3.63, 3.8) is 0 Å². The van der Waals surface area contributed by atoms with Gasteiger partial charge < -0.3 is 13.6 Å². The van der Waals surface area contributed by atoms with E-state index in [1.165, 1.54) is 47.2 Å². The number of morpholine rings is 1. The standard InChI is InChI=1S/C20H18N4O8S/c25-20(18-4-2-10-32-18)19(17-3-1-9-31-17)22-21-15-6-5-14(13-16(15)24(26)27)33(28,29)23-7-11-30-12-8-23/h1-6,9-10,13,21H,7-8,11-12H2/b22-19+. The van der Waals surface area contributed by atoms with Gasteiger partial charge in [-0.15, -0.1) is 0 Å². The van der Waals surface area contributed by atoms with Crippen molar-refractivity contribution in [3.05, 3.63) is 76.6 Å². The molecule has 4 rings (SSSR count). The molecule has 33 heavy (non-hydrogen) atoms. The molecule has 0 unspecified atom stereocenters. The average Bonchev–Trinajstić information content (AvgIpc) is 3.54. The summed E-state index contributed by atoms with van der Waals surface area (Å²) in [4.78, 5) is 23.4. The maximum atomic E-state index is 12.8. The van der Waals surface area contributed by atoms with E-state index >= 15 is 0 Å². The summed E-state index contributed by atoms with van der Waals surface area (Å²) >= 11 is 0. The normalized spacial score (nSPS) is 15.3. The molecular formula is C20H18N4O8S. The summed E-state index contributed by atoms with van der Waals surface area (Å²) in [6, 6.07) is 9.40. The topological polar surface area (TPSA) is 157 Å².